The summed E-state index contributed by atoms with van der Waals surface area (Å²) in [5.74, 6) is -9.92. The van der Waals surface area contributed by atoms with Crippen LogP contribution in [0, 0.1) is 17.6 Å². The summed E-state index contributed by atoms with van der Waals surface area (Å²) in [6.45, 7) is -2.99. The number of amides is 1. The third-order valence-corrected chi connectivity index (χ3v) is 11.4. The largest absolute Gasteiger partial charge is 0.476 e. The summed E-state index contributed by atoms with van der Waals surface area (Å²) in [6.07, 6.45) is -7.54. The third kappa shape index (κ3) is 8.66. The minimum atomic E-state index is -4.50. The minimum Gasteiger partial charge on any atom is -0.476 e. The molecular formula is C38H32ClF9N10O5S. The number of ether oxygens (including phenoxy) is 1. The molecule has 0 spiro atoms. The van der Waals surface area contributed by atoms with E-state index in [1.807, 2.05) is 0 Å². The van der Waals surface area contributed by atoms with E-state index in [-0.39, 0.29) is 75.0 Å². The van der Waals surface area contributed by atoms with Gasteiger partial charge in [0.25, 0.3) is 17.9 Å². The molecule has 1 amide bonds. The summed E-state index contributed by atoms with van der Waals surface area (Å²) in [7, 11) is -2.59. The standard InChI is InChI=1S/C38H32ClF9N10O5S/c1-56-30-24(5-4-22(39)28(30)34(54-56)55-64(2,61)62)58-35(52-33-19(36(58)60)3-6-26(51-33)63-8-7-49-15-37(44,45)46)23(11-16-9-17(40)12-18(41)10-16)50-25(59)14-57-31-27(29(53-57)32(42)43)20-13-21(20)38(31,47)48/h3-6,9-10,12,20-21,23,32,49H,7-8,11,13-15H2,1-2H3,(H,50,59)(H,54,55)/t20-,21+,23-/m0/s1. The van der Waals surface area contributed by atoms with E-state index in [4.69, 9.17) is 16.3 Å². The van der Waals surface area contributed by atoms with E-state index >= 15 is 8.78 Å². The highest BCUT2D eigenvalue weighted by atomic mass is 35.5. The molecule has 15 nitrogen and oxygen atoms in total. The Hall–Kier alpha value is -5.95. The summed E-state index contributed by atoms with van der Waals surface area (Å²) in [5, 5.41) is 12.3. The predicted molar refractivity (Wildman–Crippen MR) is 210 cm³/mol. The Labute approximate surface area is 359 Å². The lowest BCUT2D eigenvalue weighted by molar-refractivity contribution is -0.125. The van der Waals surface area contributed by atoms with Crippen LogP contribution in [0.2, 0.25) is 5.02 Å². The topological polar surface area (TPSA) is 180 Å². The average molecular weight is 947 g/mol. The predicted octanol–water partition coefficient (Wildman–Crippen LogP) is 5.94. The molecule has 1 saturated carbocycles. The van der Waals surface area contributed by atoms with E-state index in [2.05, 4.69) is 35.5 Å². The monoisotopic (exact) mass is 946 g/mol. The number of anilines is 1. The quantitative estimate of drug-likeness (QED) is 0.0824. The molecule has 8 rings (SSSR count). The van der Waals surface area contributed by atoms with E-state index in [1.54, 1.807) is 0 Å². The zero-order chi connectivity index (χ0) is 46.2. The Kier molecular flexibility index (Phi) is 11.3. The normalized spacial score (nSPS) is 17.2. The van der Waals surface area contributed by atoms with Gasteiger partial charge in [0, 0.05) is 43.6 Å². The number of nitrogens with one attached hydrogen (secondary N) is 3. The number of hydrogen-bond donors (Lipinski definition) is 3. The molecule has 6 aromatic rings. The Morgan fingerprint density at radius 3 is 2.45 bits per heavy atom. The maximum absolute atomic E-state index is 15.5. The second-order valence-electron chi connectivity index (χ2n) is 15.2. The van der Waals surface area contributed by atoms with Gasteiger partial charge in [0.2, 0.25) is 21.8 Å². The first kappa shape index (κ1) is 44.6. The Morgan fingerprint density at radius 1 is 1.06 bits per heavy atom. The minimum absolute atomic E-state index is 0.0109. The van der Waals surface area contributed by atoms with Crippen LogP contribution in [0.15, 0.2) is 47.3 Å². The van der Waals surface area contributed by atoms with Crippen LogP contribution in [0.1, 0.15) is 53.1 Å². The van der Waals surface area contributed by atoms with Crippen molar-refractivity contribution in [3.63, 3.8) is 0 Å². The number of rotatable bonds is 15. The van der Waals surface area contributed by atoms with E-state index in [1.165, 1.54) is 36.0 Å². The van der Waals surface area contributed by atoms with Crippen molar-refractivity contribution < 1.29 is 57.5 Å². The average Bonchev–Trinajstić information content (AvgIpc) is 3.72. The van der Waals surface area contributed by atoms with Gasteiger partial charge in [0.15, 0.2) is 11.5 Å². The molecule has 26 heteroatoms. The van der Waals surface area contributed by atoms with Gasteiger partial charge in [0.05, 0.1) is 45.8 Å². The first-order chi connectivity index (χ1) is 30.0. The van der Waals surface area contributed by atoms with E-state index in [9.17, 15) is 48.7 Å². The lowest BCUT2D eigenvalue weighted by Gasteiger charge is -2.24. The molecule has 0 aliphatic heterocycles. The number of carbonyl (C=O) groups is 1. The van der Waals surface area contributed by atoms with Crippen molar-refractivity contribution in [1.29, 1.82) is 0 Å². The Morgan fingerprint density at radius 2 is 1.78 bits per heavy atom. The van der Waals surface area contributed by atoms with Crippen molar-refractivity contribution >= 4 is 55.3 Å². The van der Waals surface area contributed by atoms with Gasteiger partial charge in [-0.3, -0.25) is 28.2 Å². The second kappa shape index (κ2) is 16.2. The molecule has 4 aromatic heterocycles. The van der Waals surface area contributed by atoms with Crippen LogP contribution in [0.4, 0.5) is 45.3 Å². The van der Waals surface area contributed by atoms with Crippen LogP contribution < -0.4 is 25.7 Å². The number of sulfonamides is 1. The van der Waals surface area contributed by atoms with Crippen LogP contribution in [0.3, 0.4) is 0 Å². The molecule has 3 N–H and O–H groups in total. The number of aromatic nitrogens is 7. The van der Waals surface area contributed by atoms with Crippen LogP contribution in [-0.4, -0.2) is 80.5 Å². The van der Waals surface area contributed by atoms with Gasteiger partial charge >= 0.3 is 6.18 Å². The van der Waals surface area contributed by atoms with Crippen molar-refractivity contribution in [2.24, 2.45) is 13.0 Å². The van der Waals surface area contributed by atoms with Gasteiger partial charge in [0.1, 0.15) is 42.0 Å². The van der Waals surface area contributed by atoms with Crippen molar-refractivity contribution in [1.82, 2.24) is 44.7 Å². The molecule has 340 valence electrons. The van der Waals surface area contributed by atoms with Gasteiger partial charge in [-0.1, -0.05) is 11.6 Å². The molecule has 0 unspecified atom stereocenters. The number of nitrogens with zero attached hydrogens (tertiary/aromatic N) is 7. The molecule has 0 saturated heterocycles. The fourth-order valence-corrected chi connectivity index (χ4v) is 8.72. The number of aryl methyl sites for hydroxylation is 1. The SMILES string of the molecule is Cn1nc(NS(C)(=O)=O)c2c(Cl)ccc(-n3c([C@H](Cc4cc(F)cc(F)c4)NC(=O)Cn4nc(C(F)F)c5c4C(F)(F)[C@@H]4C[C@H]54)nc4nc(OCCNCC(F)(F)F)ccc4c3=O)c21. The highest BCUT2D eigenvalue weighted by Gasteiger charge is 2.67. The van der Waals surface area contributed by atoms with Gasteiger partial charge in [-0.2, -0.15) is 37.1 Å². The molecule has 2 aliphatic carbocycles. The Bertz CT molecular complexity index is 3010. The molecule has 0 radical (unpaired) electrons. The maximum Gasteiger partial charge on any atom is 0.401 e. The van der Waals surface area contributed by atoms with Crippen LogP contribution in [-0.2, 0) is 40.8 Å². The molecule has 0 bridgehead atoms. The molecule has 2 aromatic carbocycles. The lowest BCUT2D eigenvalue weighted by Crippen LogP contribution is -2.38. The van der Waals surface area contributed by atoms with Crippen molar-refractivity contribution in [3.8, 4) is 11.6 Å². The van der Waals surface area contributed by atoms with Crippen molar-refractivity contribution in [3.05, 3.63) is 97.8 Å². The van der Waals surface area contributed by atoms with Gasteiger partial charge in [-0.25, -0.2) is 31.0 Å². The number of fused-ring (bicyclic) bond motifs is 5. The van der Waals surface area contributed by atoms with Crippen LogP contribution >= 0.6 is 11.6 Å². The Balaban J connectivity index is 1.29. The number of benzene rings is 2. The van der Waals surface area contributed by atoms with Gasteiger partial charge in [-0.15, -0.1) is 0 Å². The first-order valence-electron chi connectivity index (χ1n) is 19.0. The van der Waals surface area contributed by atoms with Crippen molar-refractivity contribution in [2.45, 2.75) is 49.9 Å². The summed E-state index contributed by atoms with van der Waals surface area (Å²) in [4.78, 5) is 37.7. The lowest BCUT2D eigenvalue weighted by atomic mass is 10.0. The third-order valence-electron chi connectivity index (χ3n) is 10.5. The van der Waals surface area contributed by atoms with Crippen LogP contribution in [0.5, 0.6) is 5.88 Å². The number of alkyl halides is 7. The number of pyridine rings is 1. The maximum atomic E-state index is 15.5. The molecular weight excluding hydrogens is 915 g/mol. The molecule has 1 fully saturated rings. The highest BCUT2D eigenvalue weighted by Crippen LogP contribution is 2.68. The number of hydrogen-bond acceptors (Lipinski definition) is 10. The summed E-state index contributed by atoms with van der Waals surface area (Å²) in [5.41, 5.74) is -3.63. The number of halogens is 10. The van der Waals surface area contributed by atoms with Gasteiger partial charge < -0.3 is 15.4 Å². The zero-order valence-corrected chi connectivity index (χ0v) is 34.5. The zero-order valence-electron chi connectivity index (χ0n) is 33.0. The van der Waals surface area contributed by atoms with Gasteiger partial charge in [-0.05, 0) is 48.2 Å². The van der Waals surface area contributed by atoms with E-state index < -0.39 is 106 Å². The summed E-state index contributed by atoms with van der Waals surface area (Å²) in [6, 6.07) is 5.75. The molecule has 3 atom stereocenters. The molecule has 64 heavy (non-hydrogen) atoms. The fraction of sp³-hybridized carbons (Fsp3) is 0.368. The van der Waals surface area contributed by atoms with Crippen LogP contribution in [0.25, 0.3) is 27.6 Å². The highest BCUT2D eigenvalue weighted by molar-refractivity contribution is 7.92. The fourth-order valence-electron chi connectivity index (χ4n) is 7.98. The van der Waals surface area contributed by atoms with E-state index in [0.29, 0.717) is 10.7 Å². The second-order valence-corrected chi connectivity index (χ2v) is 17.3. The smallest absolute Gasteiger partial charge is 0.401 e. The first-order valence-corrected chi connectivity index (χ1v) is 21.3. The van der Waals surface area contributed by atoms with E-state index in [0.717, 1.165) is 23.0 Å². The molecule has 4 heterocycles. The number of carbonyl (C=O) groups excluding carboxylic acids is 1. The van der Waals surface area contributed by atoms with Crippen molar-refractivity contribution in [2.75, 3.05) is 30.7 Å². The molecule has 2 aliphatic rings. The summed E-state index contributed by atoms with van der Waals surface area (Å²) >= 11 is 6.57. The summed E-state index contributed by atoms with van der Waals surface area (Å²) < 4.78 is 161.